The number of unbranched alkanes of at least 4 members (excludes halogenated alkanes) is 2. The first-order chi connectivity index (χ1) is 5.91. The average Bonchev–Trinajstić information content (AvgIpc) is 2.10. The van der Waals surface area contributed by atoms with Crippen LogP contribution in [0.15, 0.2) is 23.8 Å². The van der Waals surface area contributed by atoms with Gasteiger partial charge in [0, 0.05) is 0 Å². The molecule has 2 unspecified atom stereocenters. The summed E-state index contributed by atoms with van der Waals surface area (Å²) in [6, 6.07) is 0. The maximum Gasteiger partial charge on any atom is -0.0350 e. The van der Waals surface area contributed by atoms with Crippen LogP contribution >= 0.6 is 16.5 Å². The van der Waals surface area contributed by atoms with E-state index in [1.54, 1.807) is 0 Å². The summed E-state index contributed by atoms with van der Waals surface area (Å²) in [6.45, 7) is 4.44. The highest BCUT2D eigenvalue weighted by atomic mass is 32.0. The second-order valence-corrected chi connectivity index (χ2v) is 5.65. The summed E-state index contributed by atoms with van der Waals surface area (Å²) >= 11 is 0. The summed E-state index contributed by atoms with van der Waals surface area (Å²) in [5, 5.41) is 0. The smallest absolute Gasteiger partial charge is 0.0350 e. The molecule has 0 nitrogen and oxygen atoms in total. The molecule has 0 saturated carbocycles. The average molecular weight is 202 g/mol. The van der Waals surface area contributed by atoms with Crippen molar-refractivity contribution in [2.24, 2.45) is 0 Å². The lowest BCUT2D eigenvalue weighted by atomic mass is 10.3. The second kappa shape index (κ2) is 11.3. The Hall–Kier alpha value is 0.340. The molecular weight excluding hydrogens is 182 g/mol. The molecule has 0 fully saturated rings. The highest BCUT2D eigenvalue weighted by Gasteiger charge is 1.76. The van der Waals surface area contributed by atoms with Crippen LogP contribution in [0.3, 0.4) is 0 Å². The summed E-state index contributed by atoms with van der Waals surface area (Å²) in [4.78, 5) is 0. The van der Waals surface area contributed by atoms with Gasteiger partial charge in [0.15, 0.2) is 0 Å². The maximum atomic E-state index is 2.33. The van der Waals surface area contributed by atoms with Crippen LogP contribution in [0.2, 0.25) is 0 Å². The van der Waals surface area contributed by atoms with E-state index in [2.05, 4.69) is 37.6 Å². The van der Waals surface area contributed by atoms with Crippen molar-refractivity contribution in [1.82, 2.24) is 0 Å². The third-order valence-electron chi connectivity index (χ3n) is 1.40. The van der Waals surface area contributed by atoms with E-state index in [0.717, 1.165) is 16.5 Å². The SMILES string of the molecule is CCCC=CPPC=CCCC. The van der Waals surface area contributed by atoms with Gasteiger partial charge in [0.25, 0.3) is 0 Å². The Morgan fingerprint density at radius 1 is 0.833 bits per heavy atom. The van der Waals surface area contributed by atoms with Crippen LogP contribution in [0.4, 0.5) is 0 Å². The Balaban J connectivity index is 3.09. The van der Waals surface area contributed by atoms with Crippen LogP contribution in [0.5, 0.6) is 0 Å². The van der Waals surface area contributed by atoms with Crippen molar-refractivity contribution in [3.05, 3.63) is 23.8 Å². The zero-order valence-electron chi connectivity index (χ0n) is 8.14. The van der Waals surface area contributed by atoms with Gasteiger partial charge in [0.05, 0.1) is 0 Å². The molecule has 0 aromatic carbocycles. The highest BCUT2D eigenvalue weighted by molar-refractivity contribution is 8.14. The van der Waals surface area contributed by atoms with Crippen molar-refractivity contribution in [1.29, 1.82) is 0 Å². The fourth-order valence-corrected chi connectivity index (χ4v) is 2.76. The minimum atomic E-state index is 1.01. The number of rotatable bonds is 7. The van der Waals surface area contributed by atoms with E-state index in [0.29, 0.717) is 0 Å². The molecular formula is C10H20P2. The topological polar surface area (TPSA) is 0 Å². The summed E-state index contributed by atoms with van der Waals surface area (Å²) in [5.41, 5.74) is 0. The monoisotopic (exact) mass is 202 g/mol. The minimum Gasteiger partial charge on any atom is -0.0840 e. The normalized spacial score (nSPS) is 13.8. The Labute approximate surface area is 80.4 Å². The van der Waals surface area contributed by atoms with Gasteiger partial charge in [0.1, 0.15) is 0 Å². The Kier molecular flexibility index (Phi) is 11.7. The summed E-state index contributed by atoms with van der Waals surface area (Å²) < 4.78 is 0. The van der Waals surface area contributed by atoms with Crippen LogP contribution in [0.1, 0.15) is 39.5 Å². The van der Waals surface area contributed by atoms with E-state index >= 15 is 0 Å². The van der Waals surface area contributed by atoms with E-state index in [-0.39, 0.29) is 0 Å². The minimum absolute atomic E-state index is 1.01. The van der Waals surface area contributed by atoms with Crippen molar-refractivity contribution >= 4 is 16.5 Å². The van der Waals surface area contributed by atoms with E-state index < -0.39 is 0 Å². The highest BCUT2D eigenvalue weighted by Crippen LogP contribution is 2.39. The van der Waals surface area contributed by atoms with Gasteiger partial charge in [-0.15, -0.1) is 0 Å². The first kappa shape index (κ1) is 12.3. The van der Waals surface area contributed by atoms with Crippen LogP contribution < -0.4 is 0 Å². The van der Waals surface area contributed by atoms with Crippen molar-refractivity contribution < 1.29 is 0 Å². The zero-order chi connectivity index (χ0) is 9.07. The van der Waals surface area contributed by atoms with Crippen molar-refractivity contribution in [2.45, 2.75) is 39.5 Å². The molecule has 0 N–H and O–H groups in total. The van der Waals surface area contributed by atoms with Gasteiger partial charge < -0.3 is 0 Å². The Bertz CT molecular complexity index is 112. The van der Waals surface area contributed by atoms with Gasteiger partial charge in [-0.05, 0) is 12.8 Å². The molecule has 2 heteroatoms. The molecule has 0 saturated heterocycles. The first-order valence-corrected chi connectivity index (χ1v) is 7.88. The lowest BCUT2D eigenvalue weighted by molar-refractivity contribution is 0.960. The molecule has 0 radical (unpaired) electrons. The molecule has 0 spiro atoms. The van der Waals surface area contributed by atoms with Gasteiger partial charge in [-0.2, -0.15) is 0 Å². The molecule has 0 rings (SSSR count). The van der Waals surface area contributed by atoms with Crippen LogP contribution in [0.25, 0.3) is 0 Å². The fraction of sp³-hybridized carbons (Fsp3) is 0.600. The van der Waals surface area contributed by atoms with Crippen molar-refractivity contribution in [3.63, 3.8) is 0 Å². The summed E-state index contributed by atoms with van der Waals surface area (Å²) in [7, 11) is 2.03. The van der Waals surface area contributed by atoms with Crippen molar-refractivity contribution in [2.75, 3.05) is 0 Å². The van der Waals surface area contributed by atoms with Crippen molar-refractivity contribution in [3.8, 4) is 0 Å². The summed E-state index contributed by atoms with van der Waals surface area (Å²) in [6.07, 6.45) is 9.65. The molecule has 70 valence electrons. The molecule has 0 aliphatic heterocycles. The van der Waals surface area contributed by atoms with E-state index in [1.807, 2.05) is 0 Å². The lowest BCUT2D eigenvalue weighted by Gasteiger charge is -1.88. The molecule has 12 heavy (non-hydrogen) atoms. The molecule has 0 aliphatic carbocycles. The summed E-state index contributed by atoms with van der Waals surface area (Å²) in [5.74, 6) is 4.66. The van der Waals surface area contributed by atoms with E-state index in [9.17, 15) is 0 Å². The predicted octanol–water partition coefficient (Wildman–Crippen LogP) is 4.89. The fourth-order valence-electron chi connectivity index (χ4n) is 0.714. The number of allylic oxidation sites excluding steroid dienone is 2. The standard InChI is InChI=1S/C10H20P2/c1-3-5-7-9-11-12-10-8-6-4-2/h7-12H,3-6H2,1-2H3. The molecule has 0 aliphatic rings. The quantitative estimate of drug-likeness (QED) is 0.407. The molecule has 0 amide bonds. The molecule has 0 aromatic rings. The Morgan fingerprint density at radius 2 is 1.25 bits per heavy atom. The van der Waals surface area contributed by atoms with Gasteiger partial charge in [-0.1, -0.05) is 67.0 Å². The van der Waals surface area contributed by atoms with E-state index in [4.69, 9.17) is 0 Å². The predicted molar refractivity (Wildman–Crippen MR) is 64.7 cm³/mol. The third-order valence-corrected chi connectivity index (χ3v) is 3.87. The first-order valence-electron chi connectivity index (χ1n) is 4.72. The Morgan fingerprint density at radius 3 is 1.58 bits per heavy atom. The lowest BCUT2D eigenvalue weighted by Crippen LogP contribution is -1.56. The van der Waals surface area contributed by atoms with Gasteiger partial charge in [-0.3, -0.25) is 0 Å². The maximum absolute atomic E-state index is 2.33. The van der Waals surface area contributed by atoms with Crippen LogP contribution in [-0.4, -0.2) is 0 Å². The second-order valence-electron chi connectivity index (χ2n) is 2.67. The van der Waals surface area contributed by atoms with Crippen LogP contribution in [0, 0.1) is 0 Å². The molecule has 0 heterocycles. The largest absolute Gasteiger partial charge is 0.0840 e. The molecule has 2 atom stereocenters. The molecule has 0 bridgehead atoms. The van der Waals surface area contributed by atoms with Gasteiger partial charge in [-0.25, -0.2) is 0 Å². The third kappa shape index (κ3) is 10.3. The van der Waals surface area contributed by atoms with Crippen LogP contribution in [-0.2, 0) is 0 Å². The number of hydrogen-bond acceptors (Lipinski definition) is 0. The van der Waals surface area contributed by atoms with Gasteiger partial charge >= 0.3 is 0 Å². The van der Waals surface area contributed by atoms with Gasteiger partial charge in [0.2, 0.25) is 0 Å². The number of hydrogen-bond donors (Lipinski definition) is 0. The molecule has 0 aromatic heterocycles. The zero-order valence-corrected chi connectivity index (χ0v) is 10.1. The van der Waals surface area contributed by atoms with E-state index in [1.165, 1.54) is 25.7 Å².